The number of halogens is 3. The second kappa shape index (κ2) is 6.70. The lowest BCUT2D eigenvalue weighted by Crippen LogP contribution is -2.51. The molecule has 1 rings (SSSR count). The Morgan fingerprint density at radius 2 is 1.37 bits per heavy atom. The zero-order chi connectivity index (χ0) is 14.5. The lowest BCUT2D eigenvalue weighted by molar-refractivity contribution is -0.149. The second-order valence-electron chi connectivity index (χ2n) is 5.35. The maximum absolute atomic E-state index is 12.3. The van der Waals surface area contributed by atoms with Crippen molar-refractivity contribution >= 4 is 6.29 Å². The van der Waals surface area contributed by atoms with E-state index in [2.05, 4.69) is 4.90 Å². The van der Waals surface area contributed by atoms with Crippen LogP contribution >= 0.6 is 0 Å². The van der Waals surface area contributed by atoms with Crippen molar-refractivity contribution in [1.29, 1.82) is 0 Å². The molecular formula is C13H23F3N2O. The third-order valence-corrected chi connectivity index (χ3v) is 4.06. The molecule has 1 fully saturated rings. The first-order chi connectivity index (χ1) is 8.84. The van der Waals surface area contributed by atoms with Crippen molar-refractivity contribution in [1.82, 2.24) is 9.80 Å². The Morgan fingerprint density at radius 3 is 1.68 bits per heavy atom. The van der Waals surface area contributed by atoms with Crippen molar-refractivity contribution < 1.29 is 18.0 Å². The molecule has 0 bridgehead atoms. The summed E-state index contributed by atoms with van der Waals surface area (Å²) >= 11 is 0. The van der Waals surface area contributed by atoms with Crippen LogP contribution in [0.2, 0.25) is 0 Å². The highest BCUT2D eigenvalue weighted by Gasteiger charge is 2.34. The summed E-state index contributed by atoms with van der Waals surface area (Å²) in [6.07, 6.45) is -1.57. The van der Waals surface area contributed by atoms with Gasteiger partial charge in [0.1, 0.15) is 6.29 Å². The van der Waals surface area contributed by atoms with E-state index in [9.17, 15) is 18.0 Å². The first kappa shape index (κ1) is 16.4. The van der Waals surface area contributed by atoms with Gasteiger partial charge in [0.2, 0.25) is 0 Å². The molecule has 112 valence electrons. The molecule has 0 radical (unpaired) electrons. The van der Waals surface area contributed by atoms with Crippen LogP contribution in [0.15, 0.2) is 0 Å². The van der Waals surface area contributed by atoms with Gasteiger partial charge in [0.15, 0.2) is 0 Å². The Labute approximate surface area is 112 Å². The van der Waals surface area contributed by atoms with Gasteiger partial charge in [0.25, 0.3) is 0 Å². The molecule has 3 nitrogen and oxygen atoms in total. The summed E-state index contributed by atoms with van der Waals surface area (Å²) in [6.45, 7) is 5.83. The van der Waals surface area contributed by atoms with Gasteiger partial charge >= 0.3 is 6.18 Å². The Bertz CT molecular complexity index is 282. The Morgan fingerprint density at radius 1 is 0.947 bits per heavy atom. The van der Waals surface area contributed by atoms with E-state index in [-0.39, 0.29) is 5.41 Å². The minimum Gasteiger partial charge on any atom is -0.303 e. The van der Waals surface area contributed by atoms with Gasteiger partial charge in [-0.3, -0.25) is 9.80 Å². The van der Waals surface area contributed by atoms with Crippen molar-refractivity contribution in [3.63, 3.8) is 0 Å². The molecule has 19 heavy (non-hydrogen) atoms. The predicted molar refractivity (Wildman–Crippen MR) is 68.0 cm³/mol. The van der Waals surface area contributed by atoms with Crippen molar-refractivity contribution in [2.45, 2.75) is 32.9 Å². The van der Waals surface area contributed by atoms with E-state index in [1.807, 2.05) is 13.8 Å². The fourth-order valence-electron chi connectivity index (χ4n) is 2.48. The molecule has 0 unspecified atom stereocenters. The number of carbonyl (C=O) groups excluding carboxylic acids is 1. The van der Waals surface area contributed by atoms with Gasteiger partial charge in [-0.2, -0.15) is 13.2 Å². The molecule has 0 atom stereocenters. The van der Waals surface area contributed by atoms with Crippen molar-refractivity contribution in [2.24, 2.45) is 5.41 Å². The van der Waals surface area contributed by atoms with Gasteiger partial charge < -0.3 is 4.79 Å². The molecule has 0 saturated carbocycles. The molecule has 0 aromatic carbocycles. The van der Waals surface area contributed by atoms with E-state index < -0.39 is 12.7 Å². The van der Waals surface area contributed by atoms with E-state index in [0.717, 1.165) is 19.1 Å². The summed E-state index contributed by atoms with van der Waals surface area (Å²) in [5.41, 5.74) is -0.341. The SMILES string of the molecule is CCC(C=O)(CC)CN1CCN(CC(F)(F)F)CC1. The van der Waals surface area contributed by atoms with E-state index in [1.165, 1.54) is 4.90 Å². The lowest BCUT2D eigenvalue weighted by Gasteiger charge is -2.39. The number of alkyl halides is 3. The van der Waals surface area contributed by atoms with E-state index in [4.69, 9.17) is 0 Å². The number of carbonyl (C=O) groups is 1. The molecule has 0 aromatic heterocycles. The molecule has 0 aliphatic carbocycles. The van der Waals surface area contributed by atoms with E-state index in [0.29, 0.717) is 32.7 Å². The third kappa shape index (κ3) is 5.10. The van der Waals surface area contributed by atoms with Crippen LogP contribution in [0.25, 0.3) is 0 Å². The highest BCUT2D eigenvalue weighted by molar-refractivity contribution is 5.59. The van der Waals surface area contributed by atoms with Crippen LogP contribution in [-0.2, 0) is 4.79 Å². The number of hydrogen-bond acceptors (Lipinski definition) is 3. The van der Waals surface area contributed by atoms with Gasteiger partial charge in [-0.25, -0.2) is 0 Å². The number of piperazine rings is 1. The smallest absolute Gasteiger partial charge is 0.303 e. The molecule has 1 heterocycles. The molecule has 1 aliphatic rings. The molecule has 0 amide bonds. The highest BCUT2D eigenvalue weighted by atomic mass is 19.4. The topological polar surface area (TPSA) is 23.6 Å². The maximum atomic E-state index is 12.3. The lowest BCUT2D eigenvalue weighted by atomic mass is 9.83. The summed E-state index contributed by atoms with van der Waals surface area (Å²) in [7, 11) is 0. The van der Waals surface area contributed by atoms with Crippen LogP contribution in [0.5, 0.6) is 0 Å². The molecule has 1 saturated heterocycles. The first-order valence-corrected chi connectivity index (χ1v) is 6.82. The van der Waals surface area contributed by atoms with Gasteiger partial charge in [-0.05, 0) is 12.8 Å². The summed E-state index contributed by atoms with van der Waals surface area (Å²) in [5, 5.41) is 0. The summed E-state index contributed by atoms with van der Waals surface area (Å²) in [4.78, 5) is 14.8. The third-order valence-electron chi connectivity index (χ3n) is 4.06. The number of aldehydes is 1. The van der Waals surface area contributed by atoms with Gasteiger partial charge in [0.05, 0.1) is 6.54 Å². The molecule has 6 heteroatoms. The zero-order valence-corrected chi connectivity index (χ0v) is 11.7. The van der Waals surface area contributed by atoms with Crippen LogP contribution in [0, 0.1) is 5.41 Å². The van der Waals surface area contributed by atoms with E-state index >= 15 is 0 Å². The first-order valence-electron chi connectivity index (χ1n) is 6.82. The normalized spacial score (nSPS) is 19.6. The summed E-state index contributed by atoms with van der Waals surface area (Å²) < 4.78 is 36.8. The minimum absolute atomic E-state index is 0.341. The fraction of sp³-hybridized carbons (Fsp3) is 0.923. The molecule has 0 aromatic rings. The average molecular weight is 280 g/mol. The standard InChI is InChI=1S/C13H23F3N2O/c1-3-12(4-2,11-19)9-17-5-7-18(8-6-17)10-13(14,15)16/h11H,3-10H2,1-2H3. The quantitative estimate of drug-likeness (QED) is 0.697. The summed E-state index contributed by atoms with van der Waals surface area (Å²) in [5.74, 6) is 0. The van der Waals surface area contributed by atoms with Crippen molar-refractivity contribution in [3.8, 4) is 0 Å². The largest absolute Gasteiger partial charge is 0.401 e. The van der Waals surface area contributed by atoms with Crippen LogP contribution in [0.1, 0.15) is 26.7 Å². The van der Waals surface area contributed by atoms with Crippen LogP contribution in [0.4, 0.5) is 13.2 Å². The van der Waals surface area contributed by atoms with Gasteiger partial charge in [0, 0.05) is 38.1 Å². The van der Waals surface area contributed by atoms with Crippen molar-refractivity contribution in [2.75, 3.05) is 39.3 Å². The van der Waals surface area contributed by atoms with Crippen LogP contribution in [-0.4, -0.2) is 61.5 Å². The number of hydrogen-bond donors (Lipinski definition) is 0. The minimum atomic E-state index is -4.12. The monoisotopic (exact) mass is 280 g/mol. The fourth-order valence-corrected chi connectivity index (χ4v) is 2.48. The Hall–Kier alpha value is -0.620. The van der Waals surface area contributed by atoms with Gasteiger partial charge in [-0.15, -0.1) is 0 Å². The van der Waals surface area contributed by atoms with E-state index in [1.54, 1.807) is 0 Å². The molecular weight excluding hydrogens is 257 g/mol. The number of nitrogens with zero attached hydrogens (tertiary/aromatic N) is 2. The highest BCUT2D eigenvalue weighted by Crippen LogP contribution is 2.26. The Kier molecular flexibility index (Phi) is 5.80. The molecule has 0 N–H and O–H groups in total. The van der Waals surface area contributed by atoms with Crippen LogP contribution in [0.3, 0.4) is 0 Å². The molecule has 0 spiro atoms. The molecule has 1 aliphatic heterocycles. The average Bonchev–Trinajstić information content (AvgIpc) is 2.37. The van der Waals surface area contributed by atoms with Gasteiger partial charge in [-0.1, -0.05) is 13.8 Å². The predicted octanol–water partition coefficient (Wildman–Crippen LogP) is 2.17. The maximum Gasteiger partial charge on any atom is 0.401 e. The summed E-state index contributed by atoms with van der Waals surface area (Å²) in [6, 6.07) is 0. The van der Waals surface area contributed by atoms with Crippen LogP contribution < -0.4 is 0 Å². The second-order valence-corrected chi connectivity index (χ2v) is 5.35. The Balaban J connectivity index is 2.44. The number of rotatable bonds is 6. The zero-order valence-electron chi connectivity index (χ0n) is 11.7. The van der Waals surface area contributed by atoms with Crippen molar-refractivity contribution in [3.05, 3.63) is 0 Å².